The number of carboxylic acids is 2. The molecule has 0 aliphatic rings. The highest BCUT2D eigenvalue weighted by Gasteiger charge is 2.37. The van der Waals surface area contributed by atoms with Crippen molar-refractivity contribution in [3.05, 3.63) is 29.3 Å². The van der Waals surface area contributed by atoms with Crippen LogP contribution in [-0.4, -0.2) is 96.8 Å². The van der Waals surface area contributed by atoms with Crippen molar-refractivity contribution >= 4 is 52.0 Å². The van der Waals surface area contributed by atoms with Gasteiger partial charge in [-0.25, -0.2) is 14.8 Å². The molecule has 2 rings (SSSR count). The van der Waals surface area contributed by atoms with E-state index in [1.54, 1.807) is 27.0 Å². The molecule has 8 N–H and O–H groups in total. The molecule has 0 aliphatic heterocycles. The lowest BCUT2D eigenvalue weighted by molar-refractivity contribution is -0.145. The second-order valence-electron chi connectivity index (χ2n) is 10.4. The maximum Gasteiger partial charge on any atom is 0.326 e. The molecule has 0 saturated heterocycles. The molecular weight excluding hydrogens is 584 g/mol. The predicted molar refractivity (Wildman–Crippen MR) is 155 cm³/mol. The Morgan fingerprint density at radius 2 is 1.77 bits per heavy atom. The number of nitrogens with zero attached hydrogens (tertiary/aromatic N) is 3. The van der Waals surface area contributed by atoms with Gasteiger partial charge in [0.25, 0.3) is 5.91 Å². The summed E-state index contributed by atoms with van der Waals surface area (Å²) in [6, 6.07) is -4.58. The largest absolute Gasteiger partial charge is 0.481 e. The van der Waals surface area contributed by atoms with Crippen LogP contribution in [0.15, 0.2) is 17.9 Å². The number of nitrogens with one attached hydrogen (secondary N) is 4. The van der Waals surface area contributed by atoms with Gasteiger partial charge in [-0.15, -0.1) is 11.3 Å². The minimum Gasteiger partial charge on any atom is -0.481 e. The number of nitrogens with two attached hydrogens (primary N) is 1. The van der Waals surface area contributed by atoms with E-state index in [1.807, 2.05) is 6.92 Å². The molecule has 0 bridgehead atoms. The molecule has 0 saturated carbocycles. The lowest BCUT2D eigenvalue weighted by Crippen LogP contribution is -2.58. The van der Waals surface area contributed by atoms with Crippen molar-refractivity contribution in [2.24, 2.45) is 17.6 Å². The minimum absolute atomic E-state index is 0.00307. The summed E-state index contributed by atoms with van der Waals surface area (Å²) < 4.78 is 0. The first-order valence-corrected chi connectivity index (χ1v) is 14.4. The van der Waals surface area contributed by atoms with E-state index in [0.29, 0.717) is 12.1 Å². The van der Waals surface area contributed by atoms with Crippen molar-refractivity contribution in [2.75, 3.05) is 12.4 Å². The highest BCUT2D eigenvalue weighted by Crippen LogP contribution is 2.20. The number of carbonyl (C=O) groups is 6. The number of thiazole rings is 1. The van der Waals surface area contributed by atoms with Crippen molar-refractivity contribution in [1.82, 2.24) is 30.5 Å². The monoisotopic (exact) mass is 622 g/mol. The summed E-state index contributed by atoms with van der Waals surface area (Å²) in [5.74, 6) is -6.17. The van der Waals surface area contributed by atoms with Crippen molar-refractivity contribution in [2.45, 2.75) is 71.1 Å². The zero-order valence-electron chi connectivity index (χ0n) is 24.5. The molecule has 2 unspecified atom stereocenters. The number of amides is 4. The Bertz CT molecular complexity index is 1300. The van der Waals surface area contributed by atoms with E-state index >= 15 is 0 Å². The molecule has 0 spiro atoms. The molecule has 0 aliphatic carbocycles. The summed E-state index contributed by atoms with van der Waals surface area (Å²) in [6.45, 7) is 7.14. The number of H-pyrrole nitrogens is 1. The second kappa shape index (κ2) is 15.7. The molecular formula is C26H38N8O8S. The minimum atomic E-state index is -1.67. The number of hydrogen-bond donors (Lipinski definition) is 7. The number of rotatable bonds is 16. The number of carbonyl (C=O) groups excluding carboxylic acids is 4. The van der Waals surface area contributed by atoms with Crippen LogP contribution in [0.5, 0.6) is 0 Å². The molecule has 0 fully saturated rings. The van der Waals surface area contributed by atoms with Crippen LogP contribution in [0.25, 0.3) is 0 Å². The molecule has 16 nitrogen and oxygen atoms in total. The normalized spacial score (nSPS) is 14.6. The first-order valence-electron chi connectivity index (χ1n) is 13.5. The van der Waals surface area contributed by atoms with E-state index in [1.165, 1.54) is 23.7 Å². The Hall–Kier alpha value is -4.38. The van der Waals surface area contributed by atoms with Gasteiger partial charge >= 0.3 is 11.9 Å². The van der Waals surface area contributed by atoms with E-state index in [-0.39, 0.29) is 29.1 Å². The molecule has 2 heterocycles. The Morgan fingerprint density at radius 1 is 1.09 bits per heavy atom. The number of aromatic amines is 1. The summed E-state index contributed by atoms with van der Waals surface area (Å²) in [5, 5.41) is 26.7. The fraction of sp³-hybridized carbons (Fsp3) is 0.538. The molecule has 5 atom stereocenters. The summed E-state index contributed by atoms with van der Waals surface area (Å²) in [4.78, 5) is 86.5. The highest BCUT2D eigenvalue weighted by atomic mass is 32.1. The third-order valence-electron chi connectivity index (χ3n) is 6.72. The zero-order chi connectivity index (χ0) is 32.4. The van der Waals surface area contributed by atoms with Crippen LogP contribution in [0.4, 0.5) is 5.13 Å². The summed E-state index contributed by atoms with van der Waals surface area (Å²) in [5.41, 5.74) is 6.50. The molecule has 2 aromatic rings. The van der Waals surface area contributed by atoms with E-state index in [0.717, 1.165) is 11.3 Å². The van der Waals surface area contributed by atoms with Gasteiger partial charge in [-0.1, -0.05) is 34.1 Å². The van der Waals surface area contributed by atoms with E-state index in [2.05, 4.69) is 30.9 Å². The number of imidazole rings is 1. The average molecular weight is 623 g/mol. The maximum atomic E-state index is 13.7. The number of hydrogen-bond acceptors (Lipinski definition) is 10. The van der Waals surface area contributed by atoms with Crippen LogP contribution in [0.2, 0.25) is 0 Å². The van der Waals surface area contributed by atoms with Crippen LogP contribution in [0.3, 0.4) is 0 Å². The van der Waals surface area contributed by atoms with Crippen LogP contribution in [0.1, 0.15) is 56.7 Å². The second-order valence-corrected chi connectivity index (χ2v) is 11.2. The summed E-state index contributed by atoms with van der Waals surface area (Å²) >= 11 is 0.884. The molecule has 43 heavy (non-hydrogen) atoms. The van der Waals surface area contributed by atoms with Gasteiger partial charge in [0.05, 0.1) is 18.8 Å². The van der Waals surface area contributed by atoms with Gasteiger partial charge in [-0.3, -0.25) is 24.0 Å². The fourth-order valence-electron chi connectivity index (χ4n) is 4.17. The fourth-order valence-corrected chi connectivity index (χ4v) is 4.87. The summed E-state index contributed by atoms with van der Waals surface area (Å²) in [7, 11) is 1.45. The Balaban J connectivity index is 2.15. The smallest absolute Gasteiger partial charge is 0.326 e. The molecule has 17 heteroatoms. The van der Waals surface area contributed by atoms with Crippen molar-refractivity contribution in [3.63, 3.8) is 0 Å². The molecule has 4 amide bonds. The predicted octanol–water partition coefficient (Wildman–Crippen LogP) is 0.0463. The standard InChI is InChI=1S/C26H38N8O8S/c1-6-13(4)19(32-21(37)15(27)7-14-9-28-11-29-14)24(40)34(5)20(12(2)3)23(39)33-26-31-17(10-43-26)22(38)30-16(25(41)42)8-18(35)36/h9-13,15-16,19-20H,6-8,27H2,1-5H3,(H,28,29)(H,30,38)(H,32,37)(H,35,36)(H,41,42)(H,31,33,39)/t13?,15?,16-,19-,20-/m0/s1. The third kappa shape index (κ3) is 9.85. The lowest BCUT2D eigenvalue weighted by Gasteiger charge is -2.34. The van der Waals surface area contributed by atoms with Crippen LogP contribution < -0.4 is 21.7 Å². The van der Waals surface area contributed by atoms with Crippen LogP contribution >= 0.6 is 11.3 Å². The van der Waals surface area contributed by atoms with Gasteiger partial charge in [-0.2, -0.15) is 0 Å². The molecule has 236 valence electrons. The first kappa shape index (κ1) is 34.8. The highest BCUT2D eigenvalue weighted by molar-refractivity contribution is 7.14. The van der Waals surface area contributed by atoms with E-state index in [9.17, 15) is 28.8 Å². The molecule has 0 aromatic carbocycles. The first-order chi connectivity index (χ1) is 20.2. The Labute approximate surface area is 251 Å². The van der Waals surface area contributed by atoms with E-state index < -0.39 is 66.2 Å². The van der Waals surface area contributed by atoms with Gasteiger partial charge in [-0.05, 0) is 11.8 Å². The van der Waals surface area contributed by atoms with Gasteiger partial charge in [0.15, 0.2) is 5.13 Å². The number of likely N-dealkylation sites (N-methyl/N-ethyl adjacent to an activating group) is 1. The lowest BCUT2D eigenvalue weighted by atomic mass is 9.95. The third-order valence-corrected chi connectivity index (χ3v) is 7.48. The Kier molecular flexibility index (Phi) is 12.7. The zero-order valence-corrected chi connectivity index (χ0v) is 25.3. The van der Waals surface area contributed by atoms with Crippen LogP contribution in [-0.2, 0) is 30.4 Å². The molecule has 0 radical (unpaired) electrons. The van der Waals surface area contributed by atoms with E-state index in [4.69, 9.17) is 15.9 Å². The SMILES string of the molecule is CCC(C)[C@H](NC(=O)C(N)Cc1cnc[nH]1)C(=O)N(C)[C@H](C(=O)Nc1nc(C(=O)N[C@@H](CC(=O)O)C(=O)O)cs1)C(C)C. The number of aliphatic carboxylic acids is 2. The van der Waals surface area contributed by atoms with Crippen molar-refractivity contribution in [1.29, 1.82) is 0 Å². The van der Waals surface area contributed by atoms with Gasteiger partial charge in [0.1, 0.15) is 23.8 Å². The summed E-state index contributed by atoms with van der Waals surface area (Å²) in [6.07, 6.45) is 2.92. The quantitative estimate of drug-likeness (QED) is 0.132. The van der Waals surface area contributed by atoms with Crippen molar-refractivity contribution in [3.8, 4) is 0 Å². The topological polar surface area (TPSA) is 250 Å². The number of anilines is 1. The number of aromatic nitrogens is 3. The van der Waals surface area contributed by atoms with Gasteiger partial charge in [0, 0.05) is 30.7 Å². The maximum absolute atomic E-state index is 13.7. The van der Waals surface area contributed by atoms with Gasteiger partial charge < -0.3 is 41.8 Å². The average Bonchev–Trinajstić information content (AvgIpc) is 3.62. The van der Waals surface area contributed by atoms with Crippen molar-refractivity contribution < 1.29 is 39.0 Å². The van der Waals surface area contributed by atoms with Gasteiger partial charge in [0.2, 0.25) is 17.7 Å². The number of carboxylic acid groups (broad SMARTS) is 2. The molecule has 2 aromatic heterocycles. The Morgan fingerprint density at radius 3 is 2.30 bits per heavy atom. The van der Waals surface area contributed by atoms with Crippen LogP contribution in [0, 0.1) is 11.8 Å².